The zero-order valence-electron chi connectivity index (χ0n) is 19.8. The van der Waals surface area contributed by atoms with Crippen LogP contribution in [0.25, 0.3) is 0 Å². The summed E-state index contributed by atoms with van der Waals surface area (Å²) in [6.45, 7) is 26.8. The Bertz CT molecular complexity index is 395. The molecule has 28 heavy (non-hydrogen) atoms. The van der Waals surface area contributed by atoms with E-state index in [0.717, 1.165) is 23.9 Å². The molecule has 2 nitrogen and oxygen atoms in total. The molecule has 4 heterocycles. The molecule has 0 aliphatic carbocycles. The molecule has 0 aromatic carbocycles. The first-order valence-corrected chi connectivity index (χ1v) is 19.0. The van der Waals surface area contributed by atoms with Gasteiger partial charge >= 0.3 is 17.1 Å². The zero-order chi connectivity index (χ0) is 20.2. The maximum atomic E-state index is 3.91. The van der Waals surface area contributed by atoms with Gasteiger partial charge < -0.3 is 13.1 Å². The third kappa shape index (κ3) is 9.79. The van der Waals surface area contributed by atoms with E-state index in [9.17, 15) is 0 Å². The van der Waals surface area contributed by atoms with Gasteiger partial charge in [0, 0.05) is 25.2 Å². The van der Waals surface area contributed by atoms with Crippen LogP contribution in [0.5, 0.6) is 0 Å². The van der Waals surface area contributed by atoms with Crippen LogP contribution in [0.3, 0.4) is 0 Å². The summed E-state index contributed by atoms with van der Waals surface area (Å²) in [5.74, 6) is 2.03. The summed E-state index contributed by atoms with van der Waals surface area (Å²) in [6.07, 6.45) is 10.5. The van der Waals surface area contributed by atoms with E-state index in [1.165, 1.54) is 64.7 Å². The van der Waals surface area contributed by atoms with Crippen LogP contribution in [0, 0.1) is 24.9 Å². The maximum absolute atomic E-state index is 3.91. The number of nitrogens with zero attached hydrogens (tertiary/aromatic N) is 2. The molecule has 1 radical (unpaired) electrons. The molecule has 0 saturated carbocycles. The van der Waals surface area contributed by atoms with Crippen LogP contribution in [0.2, 0.25) is 39.3 Å². The van der Waals surface area contributed by atoms with Crippen LogP contribution in [-0.2, 0) is 17.1 Å². The van der Waals surface area contributed by atoms with Crippen molar-refractivity contribution in [1.29, 1.82) is 0 Å². The van der Waals surface area contributed by atoms with Crippen LogP contribution in [-0.4, -0.2) is 64.2 Å². The summed E-state index contributed by atoms with van der Waals surface area (Å²) < 4.78 is 0. The average molecular weight is 464 g/mol. The van der Waals surface area contributed by atoms with Crippen LogP contribution in [0.4, 0.5) is 0 Å². The van der Waals surface area contributed by atoms with Crippen LogP contribution >= 0.6 is 0 Å². The third-order valence-corrected chi connectivity index (χ3v) is 5.96. The van der Waals surface area contributed by atoms with Gasteiger partial charge in [0.25, 0.3) is 0 Å². The maximum Gasteiger partial charge on any atom is 2.00 e. The van der Waals surface area contributed by atoms with Gasteiger partial charge in [-0.2, -0.15) is 0 Å². The van der Waals surface area contributed by atoms with E-state index in [-0.39, 0.29) is 17.1 Å². The van der Waals surface area contributed by atoms with Gasteiger partial charge in [-0.15, -0.1) is 16.1 Å². The fourth-order valence-electron chi connectivity index (χ4n) is 5.25. The quantitative estimate of drug-likeness (QED) is 0.334. The summed E-state index contributed by atoms with van der Waals surface area (Å²) in [7, 11) is -1.72. The Hall–Kier alpha value is 0.873. The van der Waals surface area contributed by atoms with E-state index >= 15 is 0 Å². The predicted octanol–water partition coefficient (Wildman–Crippen LogP) is 5.74. The average Bonchev–Trinajstić information content (AvgIpc) is 2.52. The van der Waals surface area contributed by atoms with E-state index in [4.69, 9.17) is 0 Å². The number of fused-ring (bicyclic) bond motifs is 6. The summed E-state index contributed by atoms with van der Waals surface area (Å²) >= 11 is 0. The second-order valence-electron chi connectivity index (χ2n) is 12.0. The summed E-state index contributed by atoms with van der Waals surface area (Å²) in [4.78, 5) is 5.74. The molecule has 165 valence electrons. The minimum Gasteiger partial charge on any atom is -0.342 e. The van der Waals surface area contributed by atoms with E-state index in [1.807, 2.05) is 0 Å². The molecule has 2 bridgehead atoms. The fourth-order valence-corrected chi connectivity index (χ4v) is 5.25. The third-order valence-electron chi connectivity index (χ3n) is 5.96. The molecule has 4 atom stereocenters. The fraction of sp³-hybridized carbons (Fsp3) is 0.913. The van der Waals surface area contributed by atoms with E-state index < -0.39 is 16.1 Å². The molecule has 0 N–H and O–H groups in total. The standard InChI is InChI=1S/C15H26N2.2C4H11Si.Mn/c1-3-7-16-11-13-9-12(14(16)5-1)10-17-8-4-2-6-15(13)17;2*1-5(2,3)4;/h12-15H,1-11H2;2*1H2,2-4H3;/q;2*-1;+2/t12-,13-,14-,15+;;;/m0.../s1. The Kier molecular flexibility index (Phi) is 11.0. The topological polar surface area (TPSA) is 6.48 Å². The summed E-state index contributed by atoms with van der Waals surface area (Å²) in [5, 5.41) is 0. The Labute approximate surface area is 190 Å². The van der Waals surface area contributed by atoms with Crippen molar-refractivity contribution < 1.29 is 17.1 Å². The molecule has 0 aromatic heterocycles. The van der Waals surface area contributed by atoms with Gasteiger partial charge in [-0.05, 0) is 57.0 Å². The molecular formula is C23H48MnN2Si2. The first kappa shape index (κ1) is 26.9. The van der Waals surface area contributed by atoms with Gasteiger partial charge in [0.2, 0.25) is 0 Å². The van der Waals surface area contributed by atoms with Crippen molar-refractivity contribution in [2.75, 3.05) is 26.2 Å². The van der Waals surface area contributed by atoms with Gasteiger partial charge in [0.1, 0.15) is 0 Å². The Morgan fingerprint density at radius 3 is 1.29 bits per heavy atom. The van der Waals surface area contributed by atoms with Crippen molar-refractivity contribution in [3.63, 3.8) is 0 Å². The molecule has 4 aliphatic rings. The Balaban J connectivity index is 0.000000303. The number of piperidine rings is 4. The van der Waals surface area contributed by atoms with Gasteiger partial charge in [0.15, 0.2) is 0 Å². The molecular weight excluding hydrogens is 415 g/mol. The van der Waals surface area contributed by atoms with Gasteiger partial charge in [-0.1, -0.05) is 52.1 Å². The molecule has 0 aromatic rings. The molecule has 0 spiro atoms. The molecule has 4 saturated heterocycles. The number of hydrogen-bond donors (Lipinski definition) is 0. The Morgan fingerprint density at radius 1 is 0.643 bits per heavy atom. The molecule has 4 aliphatic heterocycles. The van der Waals surface area contributed by atoms with Crippen molar-refractivity contribution in [2.24, 2.45) is 11.8 Å². The smallest absolute Gasteiger partial charge is 0.342 e. The number of hydrogen-bond acceptors (Lipinski definition) is 2. The van der Waals surface area contributed by atoms with E-state index in [0.29, 0.717) is 0 Å². The summed E-state index contributed by atoms with van der Waals surface area (Å²) in [5.41, 5.74) is 0. The zero-order valence-corrected chi connectivity index (χ0v) is 23.0. The molecule has 5 heteroatoms. The molecule has 4 fully saturated rings. The second-order valence-corrected chi connectivity index (χ2v) is 22.2. The molecule has 4 rings (SSSR count). The largest absolute Gasteiger partial charge is 2.00 e. The van der Waals surface area contributed by atoms with E-state index in [2.05, 4.69) is 62.2 Å². The van der Waals surface area contributed by atoms with Crippen molar-refractivity contribution in [3.8, 4) is 0 Å². The first-order chi connectivity index (χ1) is 12.4. The molecule has 0 amide bonds. The van der Waals surface area contributed by atoms with E-state index in [1.54, 1.807) is 6.42 Å². The first-order valence-electron chi connectivity index (χ1n) is 11.6. The second kappa shape index (κ2) is 11.5. The minimum atomic E-state index is -0.861. The normalized spacial score (nSPS) is 33.0. The van der Waals surface area contributed by atoms with Gasteiger partial charge in [-0.3, -0.25) is 9.80 Å². The SMILES string of the molecule is C1CCN2C[C@@H]3C[C@@H](CN4CCCC[C@@H]34)[C@H]2C1.[CH2-][Si](C)(C)C.[CH2-][Si](C)(C)C.[Mn+2]. The van der Waals surface area contributed by atoms with Crippen molar-refractivity contribution >= 4 is 16.1 Å². The van der Waals surface area contributed by atoms with Crippen molar-refractivity contribution in [3.05, 3.63) is 13.1 Å². The van der Waals surface area contributed by atoms with Crippen molar-refractivity contribution in [2.45, 2.75) is 96.3 Å². The van der Waals surface area contributed by atoms with Crippen molar-refractivity contribution in [1.82, 2.24) is 9.80 Å². The van der Waals surface area contributed by atoms with Crippen LogP contribution < -0.4 is 0 Å². The molecule has 0 unspecified atom stereocenters. The van der Waals surface area contributed by atoms with Gasteiger partial charge in [-0.25, -0.2) is 0 Å². The minimum absolute atomic E-state index is 0. The van der Waals surface area contributed by atoms with Crippen LogP contribution in [0.15, 0.2) is 0 Å². The number of rotatable bonds is 0. The Morgan fingerprint density at radius 2 is 0.964 bits per heavy atom. The predicted molar refractivity (Wildman–Crippen MR) is 127 cm³/mol. The van der Waals surface area contributed by atoms with Gasteiger partial charge in [0.05, 0.1) is 0 Å². The van der Waals surface area contributed by atoms with Crippen LogP contribution in [0.1, 0.15) is 44.9 Å². The monoisotopic (exact) mass is 463 g/mol. The summed E-state index contributed by atoms with van der Waals surface area (Å²) in [6, 6.07) is 1.92.